The Balaban J connectivity index is 0.000000173. The molecule has 2 aliphatic heterocycles. The highest BCUT2D eigenvalue weighted by Gasteiger charge is 2.38. The van der Waals surface area contributed by atoms with Crippen molar-refractivity contribution < 1.29 is 27.3 Å². The fourth-order valence-electron chi connectivity index (χ4n) is 7.83. The molecule has 0 spiro atoms. The topological polar surface area (TPSA) is 142 Å². The molecular weight excluding hydrogens is 854 g/mol. The highest BCUT2D eigenvalue weighted by molar-refractivity contribution is 6.31. The van der Waals surface area contributed by atoms with Crippen molar-refractivity contribution in [2.75, 3.05) is 49.9 Å². The van der Waals surface area contributed by atoms with Crippen LogP contribution in [0.4, 0.5) is 24.8 Å². The third-order valence-corrected chi connectivity index (χ3v) is 11.6. The smallest absolute Gasteiger partial charge is 0.368 e. The van der Waals surface area contributed by atoms with Gasteiger partial charge in [0.1, 0.15) is 28.7 Å². The van der Waals surface area contributed by atoms with Gasteiger partial charge in [-0.25, -0.2) is 9.97 Å². The molecule has 7 aromatic rings. The number of aromatic nitrogens is 5. The van der Waals surface area contributed by atoms with E-state index in [9.17, 15) is 22.8 Å². The van der Waals surface area contributed by atoms with Crippen molar-refractivity contribution >= 4 is 68.7 Å². The first-order valence-corrected chi connectivity index (χ1v) is 21.1. The number of nitrogens with one attached hydrogen (secondary N) is 2. The van der Waals surface area contributed by atoms with Crippen molar-refractivity contribution in [2.45, 2.75) is 32.9 Å². The SMILES string of the molecule is Cc1ccc(C(F)(F)F)c(C(=O)N2CC[C@@H](CNc3cnc4cc(Cl)ccc4n3)C2)c1.Cc1onc(-c2ccccc2)c1C(=O)N1CC[C@@H](CNc2cnc3cc(Cl)ccc3n2)C1. The van der Waals surface area contributed by atoms with E-state index in [-0.39, 0.29) is 17.4 Å². The molecule has 324 valence electrons. The van der Waals surface area contributed by atoms with E-state index in [0.717, 1.165) is 29.1 Å². The highest BCUT2D eigenvalue weighted by Crippen LogP contribution is 2.34. The lowest BCUT2D eigenvalue weighted by molar-refractivity contribution is -0.138. The summed E-state index contributed by atoms with van der Waals surface area (Å²) in [6, 6.07) is 24.0. The number of benzene rings is 4. The number of halogens is 5. The van der Waals surface area contributed by atoms with Crippen LogP contribution in [0.1, 0.15) is 50.4 Å². The Bertz CT molecular complexity index is 2790. The second kappa shape index (κ2) is 18.6. The van der Waals surface area contributed by atoms with Gasteiger partial charge >= 0.3 is 6.18 Å². The first-order valence-electron chi connectivity index (χ1n) is 20.4. The molecule has 0 unspecified atom stereocenters. The lowest BCUT2D eigenvalue weighted by Crippen LogP contribution is -2.31. The highest BCUT2D eigenvalue weighted by atomic mass is 35.5. The number of alkyl halides is 3. The van der Waals surface area contributed by atoms with Crippen LogP contribution >= 0.6 is 23.2 Å². The molecule has 3 aromatic heterocycles. The molecule has 0 radical (unpaired) electrons. The summed E-state index contributed by atoms with van der Waals surface area (Å²) in [4.78, 5) is 47.3. The summed E-state index contributed by atoms with van der Waals surface area (Å²) in [5.41, 5.74) is 4.40. The van der Waals surface area contributed by atoms with Crippen LogP contribution < -0.4 is 10.6 Å². The van der Waals surface area contributed by atoms with Crippen LogP contribution in [0.25, 0.3) is 33.3 Å². The average molecular weight is 897 g/mol. The van der Waals surface area contributed by atoms with Gasteiger partial charge in [0.25, 0.3) is 11.8 Å². The number of rotatable bonds is 9. The number of hydrogen-bond donors (Lipinski definition) is 2. The van der Waals surface area contributed by atoms with E-state index in [1.165, 1.54) is 17.0 Å². The number of aryl methyl sites for hydroxylation is 2. The van der Waals surface area contributed by atoms with Crippen LogP contribution in [-0.4, -0.2) is 86.0 Å². The van der Waals surface area contributed by atoms with Gasteiger partial charge in [0.05, 0.1) is 45.6 Å². The predicted molar refractivity (Wildman–Crippen MR) is 237 cm³/mol. The number of carbonyl (C=O) groups is 2. The van der Waals surface area contributed by atoms with Crippen LogP contribution in [0.3, 0.4) is 0 Å². The molecule has 0 saturated carbocycles. The number of carbonyl (C=O) groups excluding carboxylic acids is 2. The zero-order valence-corrected chi connectivity index (χ0v) is 35.8. The van der Waals surface area contributed by atoms with Gasteiger partial charge in [-0.05, 0) is 87.1 Å². The maximum absolute atomic E-state index is 13.3. The summed E-state index contributed by atoms with van der Waals surface area (Å²) >= 11 is 12.0. The Morgan fingerprint density at radius 3 is 1.84 bits per heavy atom. The third kappa shape index (κ3) is 10.2. The summed E-state index contributed by atoms with van der Waals surface area (Å²) in [5.74, 6) is 1.66. The molecule has 0 bridgehead atoms. The van der Waals surface area contributed by atoms with Crippen LogP contribution in [0.15, 0.2) is 102 Å². The van der Waals surface area contributed by atoms with E-state index in [4.69, 9.17) is 27.7 Å². The van der Waals surface area contributed by atoms with E-state index >= 15 is 0 Å². The molecule has 12 nitrogen and oxygen atoms in total. The van der Waals surface area contributed by atoms with Crippen LogP contribution in [0.2, 0.25) is 10.0 Å². The van der Waals surface area contributed by atoms with Crippen molar-refractivity contribution in [3.63, 3.8) is 0 Å². The maximum atomic E-state index is 13.3. The fourth-order valence-corrected chi connectivity index (χ4v) is 8.16. The molecule has 63 heavy (non-hydrogen) atoms. The summed E-state index contributed by atoms with van der Waals surface area (Å²) in [6.07, 6.45) is 0.364. The van der Waals surface area contributed by atoms with Gasteiger partial charge in [0, 0.05) is 54.9 Å². The summed E-state index contributed by atoms with van der Waals surface area (Å²) < 4.78 is 45.4. The number of amides is 2. The van der Waals surface area contributed by atoms with E-state index in [1.54, 1.807) is 56.6 Å². The Morgan fingerprint density at radius 1 is 0.730 bits per heavy atom. The quantitative estimate of drug-likeness (QED) is 0.144. The van der Waals surface area contributed by atoms with Gasteiger partial charge < -0.3 is 25.0 Å². The van der Waals surface area contributed by atoms with Gasteiger partial charge in [0.2, 0.25) is 0 Å². The zero-order valence-electron chi connectivity index (χ0n) is 34.3. The number of anilines is 2. The largest absolute Gasteiger partial charge is 0.417 e. The van der Waals surface area contributed by atoms with Gasteiger partial charge in [-0.1, -0.05) is 70.3 Å². The predicted octanol–water partition coefficient (Wildman–Crippen LogP) is 10.0. The first kappa shape index (κ1) is 43.3. The number of likely N-dealkylation sites (tertiary alicyclic amines) is 2. The Hall–Kier alpha value is -6.32. The van der Waals surface area contributed by atoms with Crippen LogP contribution in [0, 0.1) is 25.7 Å². The minimum atomic E-state index is -4.57. The zero-order chi connectivity index (χ0) is 44.3. The van der Waals surface area contributed by atoms with Crippen molar-refractivity contribution in [1.82, 2.24) is 34.9 Å². The second-order valence-electron chi connectivity index (χ2n) is 15.7. The van der Waals surface area contributed by atoms with E-state index in [0.29, 0.717) is 107 Å². The molecule has 4 aromatic carbocycles. The van der Waals surface area contributed by atoms with Crippen LogP contribution in [0.5, 0.6) is 0 Å². The van der Waals surface area contributed by atoms with Gasteiger partial charge in [-0.3, -0.25) is 19.6 Å². The molecule has 2 fully saturated rings. The summed E-state index contributed by atoms with van der Waals surface area (Å²) in [7, 11) is 0. The lowest BCUT2D eigenvalue weighted by Gasteiger charge is -2.20. The fraction of sp³-hybridized carbons (Fsp3) is 0.283. The van der Waals surface area contributed by atoms with Crippen molar-refractivity contribution in [3.8, 4) is 11.3 Å². The molecular formula is C46H42Cl2F3N9O3. The van der Waals surface area contributed by atoms with Gasteiger partial charge in [-0.2, -0.15) is 13.2 Å². The molecule has 2 saturated heterocycles. The second-order valence-corrected chi connectivity index (χ2v) is 16.6. The van der Waals surface area contributed by atoms with Gasteiger partial charge in [-0.15, -0.1) is 0 Å². The monoisotopic (exact) mass is 895 g/mol. The normalized spacial score (nSPS) is 16.3. The van der Waals surface area contributed by atoms with Gasteiger partial charge in [0.15, 0.2) is 0 Å². The summed E-state index contributed by atoms with van der Waals surface area (Å²) in [6.45, 7) is 6.88. The molecule has 2 atom stereocenters. The standard InChI is InChI=1S/C24H22ClN5O2.C22H20ClF3N4O/c1-15-22(23(29-32-15)17-5-3-2-4-6-17)24(31)30-10-9-16(14-30)12-27-21-13-26-20-11-18(25)7-8-19(20)28-21;1-13-2-4-17(22(24,25)26)16(8-13)21(31)30-7-6-14(12-30)10-28-20-11-27-19-9-15(23)3-5-18(19)29-20/h2-8,11,13,16H,9-10,12,14H2,1H3,(H,27,28);2-5,8-9,11,14H,6-7,10,12H2,1H3,(H,28,29)/t16-;14-/m00/s1. The molecule has 2 aliphatic rings. The Kier molecular flexibility index (Phi) is 12.8. The third-order valence-electron chi connectivity index (χ3n) is 11.1. The molecule has 2 N–H and O–H groups in total. The summed E-state index contributed by atoms with van der Waals surface area (Å²) in [5, 5.41) is 11.9. The number of nitrogens with zero attached hydrogens (tertiary/aromatic N) is 7. The first-order chi connectivity index (χ1) is 30.3. The average Bonchev–Trinajstić information content (AvgIpc) is 4.05. The Morgan fingerprint density at radius 2 is 1.29 bits per heavy atom. The molecule has 17 heteroatoms. The van der Waals surface area contributed by atoms with Crippen LogP contribution in [-0.2, 0) is 6.18 Å². The minimum absolute atomic E-state index is 0.0347. The van der Waals surface area contributed by atoms with Crippen molar-refractivity contribution in [3.05, 3.63) is 135 Å². The number of fused-ring (bicyclic) bond motifs is 2. The van der Waals surface area contributed by atoms with Crippen molar-refractivity contribution in [1.29, 1.82) is 0 Å². The van der Waals surface area contributed by atoms with E-state index < -0.39 is 17.6 Å². The molecule has 0 aliphatic carbocycles. The lowest BCUT2D eigenvalue weighted by atomic mass is 10.0. The van der Waals surface area contributed by atoms with Crippen molar-refractivity contribution in [2.24, 2.45) is 11.8 Å². The Labute approximate surface area is 370 Å². The molecule has 2 amide bonds. The molecule has 9 rings (SSSR count). The maximum Gasteiger partial charge on any atom is 0.417 e. The van der Waals surface area contributed by atoms with E-state index in [1.807, 2.05) is 41.3 Å². The molecule has 5 heterocycles. The van der Waals surface area contributed by atoms with E-state index in [2.05, 4.69) is 35.7 Å². The number of hydrogen-bond acceptors (Lipinski definition) is 10. The minimum Gasteiger partial charge on any atom is -0.368 e.